The highest BCUT2D eigenvalue weighted by atomic mass is 32.1. The lowest BCUT2D eigenvalue weighted by Crippen LogP contribution is -2.38. The number of aliphatic hydroxyl groups is 1. The zero-order valence-electron chi connectivity index (χ0n) is 17.9. The van der Waals surface area contributed by atoms with Crippen molar-refractivity contribution in [2.45, 2.75) is 19.9 Å². The molecule has 1 aromatic heterocycles. The van der Waals surface area contributed by atoms with E-state index in [0.29, 0.717) is 30.3 Å². The van der Waals surface area contributed by atoms with Gasteiger partial charge in [0.15, 0.2) is 5.76 Å². The smallest absolute Gasteiger partial charge is 0.290 e. The molecule has 164 valence electrons. The lowest BCUT2D eigenvalue weighted by atomic mass is 9.95. The Morgan fingerprint density at radius 1 is 1.26 bits per heavy atom. The Labute approximate surface area is 187 Å². The fourth-order valence-electron chi connectivity index (χ4n) is 3.69. The Morgan fingerprint density at radius 2 is 1.97 bits per heavy atom. The van der Waals surface area contributed by atoms with Crippen molar-refractivity contribution in [2.75, 3.05) is 32.8 Å². The molecule has 2 aromatic rings. The van der Waals surface area contributed by atoms with Crippen LogP contribution in [0, 0.1) is 0 Å². The molecular formula is C24H28N2O4S. The number of hydrogen-bond donors (Lipinski definition) is 1. The molecule has 0 radical (unpaired) electrons. The summed E-state index contributed by atoms with van der Waals surface area (Å²) in [6.45, 7) is 10.9. The number of amides is 1. The van der Waals surface area contributed by atoms with Gasteiger partial charge in [-0.3, -0.25) is 9.59 Å². The van der Waals surface area contributed by atoms with E-state index in [1.165, 1.54) is 11.3 Å². The van der Waals surface area contributed by atoms with Crippen LogP contribution in [0.3, 0.4) is 0 Å². The molecule has 3 rings (SSSR count). The van der Waals surface area contributed by atoms with Crippen molar-refractivity contribution >= 4 is 23.0 Å². The molecule has 1 aliphatic heterocycles. The summed E-state index contributed by atoms with van der Waals surface area (Å²) in [5.41, 5.74) is 0.884. The van der Waals surface area contributed by atoms with Crippen LogP contribution in [-0.4, -0.2) is 59.4 Å². The fraction of sp³-hybridized carbons (Fsp3) is 0.333. The number of ketones is 1. The molecule has 0 spiro atoms. The zero-order valence-corrected chi connectivity index (χ0v) is 18.7. The summed E-state index contributed by atoms with van der Waals surface area (Å²) in [5.74, 6) is -0.621. The summed E-state index contributed by atoms with van der Waals surface area (Å²) in [7, 11) is 0. The number of nitrogens with zero attached hydrogens (tertiary/aromatic N) is 2. The minimum Gasteiger partial charge on any atom is -0.503 e. The van der Waals surface area contributed by atoms with E-state index in [-0.39, 0.29) is 11.4 Å². The van der Waals surface area contributed by atoms with E-state index >= 15 is 0 Å². The molecule has 2 heterocycles. The van der Waals surface area contributed by atoms with Crippen LogP contribution in [0.5, 0.6) is 5.75 Å². The van der Waals surface area contributed by atoms with E-state index in [1.807, 2.05) is 12.1 Å². The zero-order chi connectivity index (χ0) is 22.4. The molecular weight excluding hydrogens is 412 g/mol. The van der Waals surface area contributed by atoms with Gasteiger partial charge in [-0.1, -0.05) is 44.7 Å². The van der Waals surface area contributed by atoms with Crippen LogP contribution < -0.4 is 4.74 Å². The van der Waals surface area contributed by atoms with Gasteiger partial charge in [0, 0.05) is 13.1 Å². The lowest BCUT2D eigenvalue weighted by Gasteiger charge is -2.29. The average Bonchev–Trinajstić information content (AvgIpc) is 3.41. The van der Waals surface area contributed by atoms with Crippen molar-refractivity contribution in [3.63, 3.8) is 0 Å². The number of ether oxygens (including phenoxy) is 1. The minimum atomic E-state index is -0.647. The molecule has 0 bridgehead atoms. The Morgan fingerprint density at radius 3 is 2.55 bits per heavy atom. The van der Waals surface area contributed by atoms with Gasteiger partial charge in [-0.25, -0.2) is 0 Å². The first-order chi connectivity index (χ1) is 15.0. The number of hydrogen-bond acceptors (Lipinski definition) is 6. The quantitative estimate of drug-likeness (QED) is 0.418. The highest BCUT2D eigenvalue weighted by Gasteiger charge is 2.43. The van der Waals surface area contributed by atoms with E-state index in [0.717, 1.165) is 18.7 Å². The number of Topliss-reactive ketones (excluding diaryl/α,β-unsaturated/α-hetero) is 1. The molecule has 0 saturated heterocycles. The standard InChI is InChI=1S/C24H28N2O4S/c1-4-15-30-18-11-9-17(10-12-18)21-20(22(27)19-8-7-16-31-19)23(28)24(29)26(21)14-13-25(5-2)6-3/h4,7-12,16,21,28H,1,5-6,13-15H2,2-3H3/t21-/m0/s1. The molecule has 7 heteroatoms. The molecule has 31 heavy (non-hydrogen) atoms. The Balaban J connectivity index is 1.96. The topological polar surface area (TPSA) is 70.1 Å². The first-order valence-corrected chi connectivity index (χ1v) is 11.3. The largest absolute Gasteiger partial charge is 0.503 e. The van der Waals surface area contributed by atoms with E-state index < -0.39 is 17.7 Å². The van der Waals surface area contributed by atoms with Crippen molar-refractivity contribution in [1.82, 2.24) is 9.80 Å². The summed E-state index contributed by atoms with van der Waals surface area (Å²) in [4.78, 5) is 30.5. The van der Waals surface area contributed by atoms with Crippen LogP contribution in [0.4, 0.5) is 0 Å². The maximum Gasteiger partial charge on any atom is 0.290 e. The van der Waals surface area contributed by atoms with Crippen LogP contribution in [-0.2, 0) is 4.79 Å². The van der Waals surface area contributed by atoms with E-state index in [9.17, 15) is 14.7 Å². The summed E-state index contributed by atoms with van der Waals surface area (Å²) in [5, 5.41) is 12.5. The molecule has 1 amide bonds. The van der Waals surface area contributed by atoms with Crippen LogP contribution in [0.1, 0.15) is 35.1 Å². The normalized spacial score (nSPS) is 16.3. The number of thiophene rings is 1. The summed E-state index contributed by atoms with van der Waals surface area (Å²) in [6.07, 6.45) is 1.66. The Hall–Kier alpha value is -2.90. The summed E-state index contributed by atoms with van der Waals surface area (Å²) < 4.78 is 5.55. The molecule has 1 aromatic carbocycles. The van der Waals surface area contributed by atoms with Gasteiger partial charge >= 0.3 is 0 Å². The van der Waals surface area contributed by atoms with Gasteiger partial charge in [-0.15, -0.1) is 11.3 Å². The number of aliphatic hydroxyl groups excluding tert-OH is 1. The predicted octanol–water partition coefficient (Wildman–Crippen LogP) is 4.23. The monoisotopic (exact) mass is 440 g/mol. The van der Waals surface area contributed by atoms with E-state index in [4.69, 9.17) is 4.74 Å². The maximum absolute atomic E-state index is 13.2. The number of benzene rings is 1. The molecule has 0 aliphatic carbocycles. The average molecular weight is 441 g/mol. The molecule has 1 N–H and O–H groups in total. The Bertz CT molecular complexity index is 946. The van der Waals surface area contributed by atoms with Gasteiger partial charge in [-0.05, 0) is 42.2 Å². The highest BCUT2D eigenvalue weighted by molar-refractivity contribution is 7.12. The fourth-order valence-corrected chi connectivity index (χ4v) is 4.37. The van der Waals surface area contributed by atoms with E-state index in [2.05, 4.69) is 25.3 Å². The molecule has 0 unspecified atom stereocenters. The Kier molecular flexibility index (Phi) is 7.65. The van der Waals surface area contributed by atoms with Gasteiger partial charge in [-0.2, -0.15) is 0 Å². The van der Waals surface area contributed by atoms with Gasteiger partial charge in [0.05, 0.1) is 16.5 Å². The maximum atomic E-state index is 13.2. The first-order valence-electron chi connectivity index (χ1n) is 10.4. The number of likely N-dealkylation sites (N-methyl/N-ethyl adjacent to an activating group) is 1. The third-order valence-electron chi connectivity index (χ3n) is 5.41. The van der Waals surface area contributed by atoms with Crippen LogP contribution >= 0.6 is 11.3 Å². The second-order valence-corrected chi connectivity index (χ2v) is 8.11. The molecule has 0 saturated carbocycles. The van der Waals surface area contributed by atoms with Crippen molar-refractivity contribution in [1.29, 1.82) is 0 Å². The predicted molar refractivity (Wildman–Crippen MR) is 123 cm³/mol. The second kappa shape index (κ2) is 10.4. The lowest BCUT2D eigenvalue weighted by molar-refractivity contribution is -0.129. The van der Waals surface area contributed by atoms with Gasteiger partial charge in [0.25, 0.3) is 5.91 Å². The van der Waals surface area contributed by atoms with Crippen molar-refractivity contribution in [3.8, 4) is 5.75 Å². The number of carbonyl (C=O) groups is 2. The van der Waals surface area contributed by atoms with Crippen molar-refractivity contribution in [2.24, 2.45) is 0 Å². The first kappa shape index (κ1) is 22.8. The van der Waals surface area contributed by atoms with Gasteiger partial charge < -0.3 is 19.6 Å². The number of carbonyl (C=O) groups excluding carboxylic acids is 2. The summed E-state index contributed by atoms with van der Waals surface area (Å²) >= 11 is 1.29. The highest BCUT2D eigenvalue weighted by Crippen LogP contribution is 2.39. The minimum absolute atomic E-state index is 0.131. The molecule has 1 atom stereocenters. The second-order valence-electron chi connectivity index (χ2n) is 7.17. The third-order valence-corrected chi connectivity index (χ3v) is 6.28. The molecule has 1 aliphatic rings. The number of rotatable bonds is 11. The van der Waals surface area contributed by atoms with Crippen LogP contribution in [0.2, 0.25) is 0 Å². The van der Waals surface area contributed by atoms with Crippen molar-refractivity contribution in [3.05, 3.63) is 76.2 Å². The van der Waals surface area contributed by atoms with E-state index in [1.54, 1.807) is 40.6 Å². The van der Waals surface area contributed by atoms with Gasteiger partial charge in [0.1, 0.15) is 12.4 Å². The van der Waals surface area contributed by atoms with Crippen LogP contribution in [0.25, 0.3) is 0 Å². The molecule has 6 nitrogen and oxygen atoms in total. The summed E-state index contributed by atoms with van der Waals surface area (Å²) in [6, 6.07) is 10.1. The van der Waals surface area contributed by atoms with Crippen molar-refractivity contribution < 1.29 is 19.4 Å². The van der Waals surface area contributed by atoms with Crippen LogP contribution in [0.15, 0.2) is 65.8 Å². The third kappa shape index (κ3) is 4.89. The van der Waals surface area contributed by atoms with Gasteiger partial charge in [0.2, 0.25) is 5.78 Å². The SMILES string of the molecule is C=CCOc1ccc([C@H]2C(C(=O)c3cccs3)=C(O)C(=O)N2CCN(CC)CC)cc1. The molecule has 0 fully saturated rings.